The summed E-state index contributed by atoms with van der Waals surface area (Å²) in [5.41, 5.74) is 3.03. The van der Waals surface area contributed by atoms with E-state index in [1.54, 1.807) is 0 Å². The molecule has 5 nitrogen and oxygen atoms in total. The minimum atomic E-state index is -0.207. The molecular weight excluding hydrogens is 242 g/mol. The van der Waals surface area contributed by atoms with E-state index in [0.29, 0.717) is 12.3 Å². The summed E-state index contributed by atoms with van der Waals surface area (Å²) in [5, 5.41) is 9.85. The fourth-order valence-corrected chi connectivity index (χ4v) is 2.25. The zero-order valence-corrected chi connectivity index (χ0v) is 10.6. The van der Waals surface area contributed by atoms with Crippen molar-refractivity contribution in [2.24, 2.45) is 0 Å². The summed E-state index contributed by atoms with van der Waals surface area (Å²) in [7, 11) is 0. The third kappa shape index (κ3) is 2.45. The number of carbonyl (C=O) groups is 1. The predicted molar refractivity (Wildman–Crippen MR) is 70.6 cm³/mol. The summed E-state index contributed by atoms with van der Waals surface area (Å²) in [4.78, 5) is 12.1. The zero-order valence-electron chi connectivity index (χ0n) is 10.6. The largest absolute Gasteiger partial charge is 0.373 e. The van der Waals surface area contributed by atoms with Crippen LogP contribution < -0.4 is 10.6 Å². The number of hydrogen-bond acceptors (Lipinski definition) is 4. The fraction of sp³-hybridized carbons (Fsp3) is 0.286. The van der Waals surface area contributed by atoms with Crippen LogP contribution in [0.5, 0.6) is 0 Å². The lowest BCUT2D eigenvalue weighted by molar-refractivity contribution is -0.122. The Balaban J connectivity index is 1.58. The minimum absolute atomic E-state index is 0.0229. The first-order valence-electron chi connectivity index (χ1n) is 6.27. The van der Waals surface area contributed by atoms with Crippen LogP contribution in [0.3, 0.4) is 0 Å². The highest BCUT2D eigenvalue weighted by molar-refractivity contribution is 5.87. The molecule has 2 aromatic rings. The summed E-state index contributed by atoms with van der Waals surface area (Å²) < 4.78 is 5.05. The number of aromatic nitrogens is 1. The quantitative estimate of drug-likeness (QED) is 0.877. The molecule has 3 rings (SSSR count). The number of anilines is 1. The molecule has 0 saturated carbocycles. The van der Waals surface area contributed by atoms with E-state index in [-0.39, 0.29) is 11.9 Å². The van der Waals surface area contributed by atoms with Gasteiger partial charge in [-0.05, 0) is 18.6 Å². The number of hydrogen-bond donors (Lipinski definition) is 2. The highest BCUT2D eigenvalue weighted by Crippen LogP contribution is 2.25. The number of aryl methyl sites for hydroxylation is 1. The fourth-order valence-electron chi connectivity index (χ4n) is 2.25. The summed E-state index contributed by atoms with van der Waals surface area (Å²) in [5.74, 6) is 0.645. The van der Waals surface area contributed by atoms with Crippen LogP contribution in [0.4, 0.5) is 5.69 Å². The molecule has 0 saturated heterocycles. The van der Waals surface area contributed by atoms with Gasteiger partial charge in [-0.1, -0.05) is 23.4 Å². The van der Waals surface area contributed by atoms with E-state index < -0.39 is 0 Å². The molecule has 2 heterocycles. The second-order valence-electron chi connectivity index (χ2n) is 4.71. The Morgan fingerprint density at radius 1 is 1.53 bits per heavy atom. The normalized spacial score (nSPS) is 16.8. The molecule has 1 aromatic carbocycles. The van der Waals surface area contributed by atoms with Gasteiger partial charge >= 0.3 is 0 Å². The summed E-state index contributed by atoms with van der Waals surface area (Å²) >= 11 is 0. The van der Waals surface area contributed by atoms with E-state index in [4.69, 9.17) is 4.52 Å². The topological polar surface area (TPSA) is 67.2 Å². The Kier molecular flexibility index (Phi) is 2.95. The Morgan fingerprint density at radius 2 is 2.37 bits per heavy atom. The Morgan fingerprint density at radius 3 is 3.11 bits per heavy atom. The molecular formula is C14H15N3O2. The van der Waals surface area contributed by atoms with Crippen LogP contribution in [-0.4, -0.2) is 17.1 Å². The lowest BCUT2D eigenvalue weighted by Crippen LogP contribution is -2.37. The van der Waals surface area contributed by atoms with Crippen LogP contribution in [0.2, 0.25) is 0 Å². The molecule has 0 fully saturated rings. The van der Waals surface area contributed by atoms with Crippen molar-refractivity contribution in [3.8, 4) is 0 Å². The molecule has 5 heteroatoms. The molecule has 0 aliphatic carbocycles. The second-order valence-corrected chi connectivity index (χ2v) is 4.71. The molecule has 19 heavy (non-hydrogen) atoms. The van der Waals surface area contributed by atoms with Crippen LogP contribution in [0.1, 0.15) is 17.0 Å². The molecule has 0 spiro atoms. The van der Waals surface area contributed by atoms with Crippen molar-refractivity contribution < 1.29 is 9.32 Å². The highest BCUT2D eigenvalue weighted by Gasteiger charge is 2.26. The number of nitrogens with one attached hydrogen (secondary N) is 2. The Hall–Kier alpha value is -2.30. The van der Waals surface area contributed by atoms with Gasteiger partial charge in [-0.2, -0.15) is 0 Å². The maximum absolute atomic E-state index is 12.1. The molecule has 0 radical (unpaired) electrons. The van der Waals surface area contributed by atoms with E-state index >= 15 is 0 Å². The van der Waals surface area contributed by atoms with Crippen LogP contribution in [0.15, 0.2) is 34.9 Å². The molecule has 1 atom stereocenters. The van der Waals surface area contributed by atoms with Crippen LogP contribution in [0.25, 0.3) is 0 Å². The van der Waals surface area contributed by atoms with Gasteiger partial charge in [-0.25, -0.2) is 0 Å². The van der Waals surface area contributed by atoms with E-state index in [9.17, 15) is 4.79 Å². The van der Waals surface area contributed by atoms with Gasteiger partial charge in [-0.3, -0.25) is 4.79 Å². The third-order valence-corrected chi connectivity index (χ3v) is 3.20. The van der Waals surface area contributed by atoms with Crippen molar-refractivity contribution in [1.29, 1.82) is 0 Å². The van der Waals surface area contributed by atoms with Crippen molar-refractivity contribution in [3.05, 3.63) is 47.3 Å². The first-order valence-corrected chi connectivity index (χ1v) is 6.27. The van der Waals surface area contributed by atoms with Crippen molar-refractivity contribution in [2.45, 2.75) is 25.9 Å². The predicted octanol–water partition coefficient (Wildman–Crippen LogP) is 1.64. The molecule has 0 bridgehead atoms. The summed E-state index contributed by atoms with van der Waals surface area (Å²) in [6.07, 6.45) is 0.720. The molecule has 2 N–H and O–H groups in total. The van der Waals surface area contributed by atoms with Crippen LogP contribution in [0, 0.1) is 6.92 Å². The van der Waals surface area contributed by atoms with Crippen molar-refractivity contribution in [3.63, 3.8) is 0 Å². The average Bonchev–Trinajstić information content (AvgIpc) is 3.01. The van der Waals surface area contributed by atoms with Gasteiger partial charge in [0, 0.05) is 18.2 Å². The van der Waals surface area contributed by atoms with Gasteiger partial charge in [0.2, 0.25) is 5.91 Å². The number of para-hydroxylation sites is 1. The zero-order chi connectivity index (χ0) is 13.2. The van der Waals surface area contributed by atoms with Gasteiger partial charge in [0.25, 0.3) is 0 Å². The molecule has 1 amide bonds. The van der Waals surface area contributed by atoms with Crippen LogP contribution >= 0.6 is 0 Å². The summed E-state index contributed by atoms with van der Waals surface area (Å²) in [6.45, 7) is 2.22. The number of rotatable bonds is 3. The number of nitrogens with zero attached hydrogens (tertiary/aromatic N) is 1. The molecule has 1 aromatic heterocycles. The SMILES string of the molecule is Cc1cc(CNC(=O)[C@@H]2Cc3ccccc3N2)on1. The maximum Gasteiger partial charge on any atom is 0.243 e. The van der Waals surface area contributed by atoms with Gasteiger partial charge in [0.1, 0.15) is 6.04 Å². The molecule has 1 aliphatic heterocycles. The standard InChI is InChI=1S/C14H15N3O2/c1-9-6-11(19-17-9)8-15-14(18)13-7-10-4-2-3-5-12(10)16-13/h2-6,13,16H,7-8H2,1H3,(H,15,18)/t13-/m0/s1. The number of fused-ring (bicyclic) bond motifs is 1. The van der Waals surface area contributed by atoms with E-state index in [2.05, 4.69) is 15.8 Å². The molecule has 98 valence electrons. The van der Waals surface area contributed by atoms with E-state index in [0.717, 1.165) is 17.8 Å². The van der Waals surface area contributed by atoms with E-state index in [1.807, 2.05) is 37.3 Å². The third-order valence-electron chi connectivity index (χ3n) is 3.20. The average molecular weight is 257 g/mol. The van der Waals surface area contributed by atoms with Gasteiger partial charge < -0.3 is 15.2 Å². The highest BCUT2D eigenvalue weighted by atomic mass is 16.5. The monoisotopic (exact) mass is 257 g/mol. The van der Waals surface area contributed by atoms with Gasteiger partial charge in [0.05, 0.1) is 12.2 Å². The van der Waals surface area contributed by atoms with Gasteiger partial charge in [0.15, 0.2) is 5.76 Å². The lowest BCUT2D eigenvalue weighted by atomic mass is 10.1. The van der Waals surface area contributed by atoms with Crippen molar-refractivity contribution in [2.75, 3.05) is 5.32 Å². The van der Waals surface area contributed by atoms with Crippen molar-refractivity contribution in [1.82, 2.24) is 10.5 Å². The van der Waals surface area contributed by atoms with Crippen molar-refractivity contribution >= 4 is 11.6 Å². The molecule has 1 aliphatic rings. The summed E-state index contributed by atoms with van der Waals surface area (Å²) in [6, 6.07) is 9.58. The molecule has 0 unspecified atom stereocenters. The number of benzene rings is 1. The first-order chi connectivity index (χ1) is 9.22. The van der Waals surface area contributed by atoms with E-state index in [1.165, 1.54) is 5.56 Å². The smallest absolute Gasteiger partial charge is 0.243 e. The maximum atomic E-state index is 12.1. The minimum Gasteiger partial charge on any atom is -0.373 e. The number of carbonyl (C=O) groups excluding carboxylic acids is 1. The lowest BCUT2D eigenvalue weighted by Gasteiger charge is -2.10. The second kappa shape index (κ2) is 4.76. The van der Waals surface area contributed by atoms with Gasteiger partial charge in [-0.15, -0.1) is 0 Å². The Bertz CT molecular complexity index is 581. The number of amides is 1. The van der Waals surface area contributed by atoms with Crippen LogP contribution in [-0.2, 0) is 17.8 Å². The Labute approximate surface area is 111 Å². The first kappa shape index (κ1) is 11.8.